The largest absolute Gasteiger partial charge is 0.350 e. The number of rotatable bonds is 7. The third-order valence-corrected chi connectivity index (χ3v) is 4.38. The highest BCUT2D eigenvalue weighted by Gasteiger charge is 2.11. The minimum Gasteiger partial charge on any atom is -0.350 e. The maximum Gasteiger partial charge on any atom is 0.220 e. The Hall–Kier alpha value is -1.40. The molecule has 1 aromatic carbocycles. The monoisotopic (exact) mass is 312 g/mol. The van der Waals surface area contributed by atoms with Gasteiger partial charge in [-0.3, -0.25) is 4.79 Å². The molecular formula is C15H24N2O3S. The highest BCUT2D eigenvalue weighted by atomic mass is 32.2. The molecule has 0 saturated carbocycles. The van der Waals surface area contributed by atoms with Crippen LogP contribution in [-0.2, 0) is 14.6 Å². The third kappa shape index (κ3) is 6.27. The molecule has 0 heterocycles. The first-order valence-electron chi connectivity index (χ1n) is 7.05. The fraction of sp³-hybridized carbons (Fsp3) is 0.533. The lowest BCUT2D eigenvalue weighted by Gasteiger charge is -2.15. The summed E-state index contributed by atoms with van der Waals surface area (Å²) in [7, 11) is -3.19. The normalized spacial score (nSPS) is 14.5. The van der Waals surface area contributed by atoms with Crippen molar-refractivity contribution in [2.24, 2.45) is 5.73 Å². The Bertz CT molecular complexity index is 565. The number of nitrogens with two attached hydrogens (primary N) is 1. The van der Waals surface area contributed by atoms with E-state index in [0.717, 1.165) is 18.4 Å². The van der Waals surface area contributed by atoms with Crippen molar-refractivity contribution in [1.82, 2.24) is 5.32 Å². The van der Waals surface area contributed by atoms with Gasteiger partial charge in [-0.05, 0) is 44.4 Å². The Morgan fingerprint density at radius 1 is 1.24 bits per heavy atom. The highest BCUT2D eigenvalue weighted by Crippen LogP contribution is 2.16. The van der Waals surface area contributed by atoms with Crippen molar-refractivity contribution < 1.29 is 13.2 Å². The topological polar surface area (TPSA) is 89.3 Å². The number of carbonyl (C=O) groups is 1. The molecule has 5 nitrogen and oxygen atoms in total. The summed E-state index contributed by atoms with van der Waals surface area (Å²) in [6.45, 7) is 3.79. The van der Waals surface area contributed by atoms with E-state index in [1.54, 1.807) is 24.3 Å². The van der Waals surface area contributed by atoms with Gasteiger partial charge in [0.2, 0.25) is 5.91 Å². The van der Waals surface area contributed by atoms with Crippen molar-refractivity contribution in [3.63, 3.8) is 0 Å². The number of sulfone groups is 1. The molecule has 1 aromatic rings. The van der Waals surface area contributed by atoms with Gasteiger partial charge in [0.1, 0.15) is 0 Å². The smallest absolute Gasteiger partial charge is 0.220 e. The van der Waals surface area contributed by atoms with Gasteiger partial charge in [-0.25, -0.2) is 8.42 Å². The minimum atomic E-state index is -3.19. The van der Waals surface area contributed by atoms with E-state index >= 15 is 0 Å². The Kier molecular flexibility index (Phi) is 6.36. The fourth-order valence-electron chi connectivity index (χ4n) is 1.99. The van der Waals surface area contributed by atoms with Crippen LogP contribution in [0.5, 0.6) is 0 Å². The molecule has 1 rings (SSSR count). The first kappa shape index (κ1) is 17.7. The maximum atomic E-state index is 11.8. The molecule has 0 fully saturated rings. The minimum absolute atomic E-state index is 0.0182. The van der Waals surface area contributed by atoms with Crippen molar-refractivity contribution in [2.75, 3.05) is 6.26 Å². The SMILES string of the molecule is CC(N)CCCC(=O)NC(C)c1ccc(S(C)(=O)=O)cc1. The second-order valence-electron chi connectivity index (χ2n) is 5.50. The van der Waals surface area contributed by atoms with Crippen molar-refractivity contribution in [2.45, 2.75) is 50.1 Å². The summed E-state index contributed by atoms with van der Waals surface area (Å²) in [5, 5.41) is 2.90. The van der Waals surface area contributed by atoms with E-state index in [4.69, 9.17) is 5.73 Å². The van der Waals surface area contributed by atoms with Crippen molar-refractivity contribution in [3.8, 4) is 0 Å². The number of hydrogen-bond donors (Lipinski definition) is 2. The molecular weight excluding hydrogens is 288 g/mol. The quantitative estimate of drug-likeness (QED) is 0.803. The van der Waals surface area contributed by atoms with E-state index in [1.165, 1.54) is 6.26 Å². The molecule has 0 aliphatic heterocycles. The van der Waals surface area contributed by atoms with Crippen LogP contribution >= 0.6 is 0 Å². The molecule has 0 spiro atoms. The summed E-state index contributed by atoms with van der Waals surface area (Å²) in [4.78, 5) is 12.1. The predicted octanol–water partition coefficient (Wildman–Crippen LogP) is 1.78. The molecule has 1 amide bonds. The van der Waals surface area contributed by atoms with Crippen molar-refractivity contribution >= 4 is 15.7 Å². The number of benzene rings is 1. The standard InChI is InChI=1S/C15H24N2O3S/c1-11(16)5-4-6-15(18)17-12(2)13-7-9-14(10-8-13)21(3,19)20/h7-12H,4-6,16H2,1-3H3,(H,17,18). The van der Waals surface area contributed by atoms with E-state index < -0.39 is 9.84 Å². The van der Waals surface area contributed by atoms with E-state index in [0.29, 0.717) is 6.42 Å². The molecule has 0 aliphatic rings. The first-order valence-corrected chi connectivity index (χ1v) is 8.94. The van der Waals surface area contributed by atoms with Gasteiger partial charge in [-0.1, -0.05) is 12.1 Å². The van der Waals surface area contributed by atoms with Crippen LogP contribution in [0, 0.1) is 0 Å². The molecule has 0 radical (unpaired) electrons. The van der Waals surface area contributed by atoms with Gasteiger partial charge in [0.05, 0.1) is 10.9 Å². The van der Waals surface area contributed by atoms with Gasteiger partial charge in [0.25, 0.3) is 0 Å². The summed E-state index contributed by atoms with van der Waals surface area (Å²) >= 11 is 0. The fourth-order valence-corrected chi connectivity index (χ4v) is 2.62. The average Bonchev–Trinajstić information content (AvgIpc) is 2.37. The van der Waals surface area contributed by atoms with Crippen LogP contribution in [0.15, 0.2) is 29.2 Å². The molecule has 2 unspecified atom stereocenters. The van der Waals surface area contributed by atoms with Crippen LogP contribution in [0.3, 0.4) is 0 Å². The highest BCUT2D eigenvalue weighted by molar-refractivity contribution is 7.90. The number of nitrogens with one attached hydrogen (secondary N) is 1. The molecule has 21 heavy (non-hydrogen) atoms. The van der Waals surface area contributed by atoms with Crippen molar-refractivity contribution in [3.05, 3.63) is 29.8 Å². The zero-order valence-electron chi connectivity index (χ0n) is 12.8. The summed E-state index contributed by atoms with van der Waals surface area (Å²) in [5.74, 6) is -0.0182. The first-order chi connectivity index (χ1) is 9.70. The second kappa shape index (κ2) is 7.56. The zero-order chi connectivity index (χ0) is 16.0. The lowest BCUT2D eigenvalue weighted by Crippen LogP contribution is -2.26. The molecule has 6 heteroatoms. The van der Waals surface area contributed by atoms with E-state index in [2.05, 4.69) is 5.32 Å². The average molecular weight is 312 g/mol. The zero-order valence-corrected chi connectivity index (χ0v) is 13.6. The second-order valence-corrected chi connectivity index (χ2v) is 7.52. The predicted molar refractivity (Wildman–Crippen MR) is 83.6 cm³/mol. The van der Waals surface area contributed by atoms with Gasteiger partial charge in [-0.15, -0.1) is 0 Å². The van der Waals surface area contributed by atoms with Crippen molar-refractivity contribution in [1.29, 1.82) is 0 Å². The third-order valence-electron chi connectivity index (χ3n) is 3.25. The summed E-state index contributed by atoms with van der Waals surface area (Å²) in [6, 6.07) is 6.53. The molecule has 0 aromatic heterocycles. The molecule has 0 aliphatic carbocycles. The van der Waals surface area contributed by atoms with Crippen LogP contribution < -0.4 is 11.1 Å². The molecule has 0 saturated heterocycles. The summed E-state index contributed by atoms with van der Waals surface area (Å²) < 4.78 is 22.8. The lowest BCUT2D eigenvalue weighted by atomic mass is 10.1. The Morgan fingerprint density at radius 2 is 1.81 bits per heavy atom. The van der Waals surface area contributed by atoms with Crippen LogP contribution in [-0.4, -0.2) is 26.6 Å². The Labute approximate surface area is 126 Å². The van der Waals surface area contributed by atoms with Crippen LogP contribution in [0.1, 0.15) is 44.7 Å². The van der Waals surface area contributed by atoms with Crippen LogP contribution in [0.2, 0.25) is 0 Å². The van der Waals surface area contributed by atoms with Crippen LogP contribution in [0.25, 0.3) is 0 Å². The van der Waals surface area contributed by atoms with Gasteiger partial charge in [-0.2, -0.15) is 0 Å². The van der Waals surface area contributed by atoms with Crippen LogP contribution in [0.4, 0.5) is 0 Å². The number of carbonyl (C=O) groups excluding carboxylic acids is 1. The van der Waals surface area contributed by atoms with E-state index in [9.17, 15) is 13.2 Å². The summed E-state index contributed by atoms with van der Waals surface area (Å²) in [5.41, 5.74) is 6.52. The number of hydrogen-bond acceptors (Lipinski definition) is 4. The van der Waals surface area contributed by atoms with Gasteiger partial charge >= 0.3 is 0 Å². The van der Waals surface area contributed by atoms with Gasteiger partial charge < -0.3 is 11.1 Å². The number of amides is 1. The van der Waals surface area contributed by atoms with Gasteiger partial charge in [0.15, 0.2) is 9.84 Å². The van der Waals surface area contributed by atoms with E-state index in [1.807, 2.05) is 13.8 Å². The Balaban J connectivity index is 2.55. The molecule has 118 valence electrons. The molecule has 3 N–H and O–H groups in total. The van der Waals surface area contributed by atoms with Gasteiger partial charge in [0, 0.05) is 18.7 Å². The lowest BCUT2D eigenvalue weighted by molar-refractivity contribution is -0.121. The summed E-state index contributed by atoms with van der Waals surface area (Å²) in [6.07, 6.45) is 3.22. The molecule has 0 bridgehead atoms. The van der Waals surface area contributed by atoms with E-state index in [-0.39, 0.29) is 22.9 Å². The Morgan fingerprint density at radius 3 is 2.29 bits per heavy atom. The maximum absolute atomic E-state index is 11.8. The molecule has 2 atom stereocenters.